The van der Waals surface area contributed by atoms with Crippen LogP contribution in [0.15, 0.2) is 11.6 Å². The lowest BCUT2D eigenvalue weighted by Gasteiger charge is -2.43. The molecule has 1 aliphatic carbocycles. The molecule has 2 nitrogen and oxygen atoms in total. The molecule has 0 heterocycles. The lowest BCUT2D eigenvalue weighted by Crippen LogP contribution is -2.45. The molecule has 0 amide bonds. The zero-order chi connectivity index (χ0) is 14.9. The third-order valence-corrected chi connectivity index (χ3v) is 9.48. The summed E-state index contributed by atoms with van der Waals surface area (Å²) in [6.07, 6.45) is 6.09. The summed E-state index contributed by atoms with van der Waals surface area (Å²) in [4.78, 5) is 10.8. The first-order valence-corrected chi connectivity index (χ1v) is 10.2. The van der Waals surface area contributed by atoms with Crippen molar-refractivity contribution in [3.8, 4) is 0 Å². The van der Waals surface area contributed by atoms with Gasteiger partial charge in [0, 0.05) is 6.10 Å². The highest BCUT2D eigenvalue weighted by atomic mass is 28.4. The van der Waals surface area contributed by atoms with Crippen LogP contribution in [0.25, 0.3) is 0 Å². The van der Waals surface area contributed by atoms with Crippen LogP contribution in [0.2, 0.25) is 18.1 Å². The highest BCUT2D eigenvalue weighted by Gasteiger charge is 2.41. The zero-order valence-electron chi connectivity index (χ0n) is 13.7. The van der Waals surface area contributed by atoms with Crippen molar-refractivity contribution in [3.05, 3.63) is 11.6 Å². The number of hydrogen-bond donors (Lipinski definition) is 0. The van der Waals surface area contributed by atoms with Gasteiger partial charge in [-0.15, -0.1) is 0 Å². The van der Waals surface area contributed by atoms with Crippen LogP contribution in [0.5, 0.6) is 0 Å². The summed E-state index contributed by atoms with van der Waals surface area (Å²) in [7, 11) is -1.71. The minimum atomic E-state index is -1.71. The van der Waals surface area contributed by atoms with Gasteiger partial charge in [0.15, 0.2) is 8.32 Å². The van der Waals surface area contributed by atoms with E-state index in [9.17, 15) is 4.79 Å². The number of hydrogen-bond acceptors (Lipinski definition) is 2. The van der Waals surface area contributed by atoms with Crippen molar-refractivity contribution in [1.82, 2.24) is 0 Å². The van der Waals surface area contributed by atoms with E-state index in [2.05, 4.69) is 47.7 Å². The van der Waals surface area contributed by atoms with Gasteiger partial charge in [-0.25, -0.2) is 0 Å². The summed E-state index contributed by atoms with van der Waals surface area (Å²) in [5, 5.41) is 0.245. The highest BCUT2D eigenvalue weighted by Crippen LogP contribution is 2.44. The Bertz CT molecular complexity index is 361. The molecule has 3 heteroatoms. The standard InChI is InChI=1S/C16H30O2Si/c1-15(2,3)19(6,7)18-14-8-10-16(4,5)13(12-14)9-11-17/h9,11,14H,8,10,12H2,1-7H3/b13-9-. The quantitative estimate of drug-likeness (QED) is 0.425. The van der Waals surface area contributed by atoms with E-state index in [-0.39, 0.29) is 10.5 Å². The van der Waals surface area contributed by atoms with E-state index >= 15 is 0 Å². The zero-order valence-corrected chi connectivity index (χ0v) is 14.7. The topological polar surface area (TPSA) is 26.3 Å². The number of carbonyl (C=O) groups is 1. The predicted molar refractivity (Wildman–Crippen MR) is 83.8 cm³/mol. The first-order chi connectivity index (χ1) is 8.49. The first kappa shape index (κ1) is 16.6. The Hall–Kier alpha value is -0.413. The maximum absolute atomic E-state index is 10.8. The fourth-order valence-corrected chi connectivity index (χ4v) is 3.76. The highest BCUT2D eigenvalue weighted by molar-refractivity contribution is 6.74. The van der Waals surface area contributed by atoms with E-state index in [0.29, 0.717) is 6.10 Å². The average Bonchev–Trinajstić information content (AvgIpc) is 2.21. The third-order valence-electron chi connectivity index (χ3n) is 4.94. The maximum Gasteiger partial charge on any atom is 0.192 e. The molecular formula is C16H30O2Si. The molecule has 1 rings (SSSR count). The molecule has 1 aliphatic rings. The van der Waals surface area contributed by atoms with E-state index in [4.69, 9.17) is 4.43 Å². The molecule has 0 radical (unpaired) electrons. The average molecular weight is 282 g/mol. The third kappa shape index (κ3) is 4.02. The second-order valence-corrected chi connectivity index (χ2v) is 12.7. The fourth-order valence-electron chi connectivity index (χ4n) is 2.38. The van der Waals surface area contributed by atoms with Gasteiger partial charge in [-0.1, -0.05) is 40.2 Å². The van der Waals surface area contributed by atoms with Crippen LogP contribution in [0, 0.1) is 5.41 Å². The molecule has 19 heavy (non-hydrogen) atoms. The Balaban J connectivity index is 2.79. The van der Waals surface area contributed by atoms with Crippen molar-refractivity contribution in [3.63, 3.8) is 0 Å². The van der Waals surface area contributed by atoms with Crippen molar-refractivity contribution >= 4 is 14.6 Å². The molecule has 0 aromatic rings. The van der Waals surface area contributed by atoms with Crippen LogP contribution in [0.1, 0.15) is 53.9 Å². The Morgan fingerprint density at radius 3 is 2.37 bits per heavy atom. The first-order valence-electron chi connectivity index (χ1n) is 7.32. The Labute approximate surface area is 119 Å². The number of carbonyl (C=O) groups excluding carboxylic acids is 1. The van der Waals surface area contributed by atoms with E-state index in [1.807, 2.05) is 0 Å². The minimum Gasteiger partial charge on any atom is -0.414 e. The fraction of sp³-hybridized carbons (Fsp3) is 0.812. The molecule has 0 bridgehead atoms. The second kappa shape index (κ2) is 5.53. The molecule has 0 saturated heterocycles. The van der Waals surface area contributed by atoms with E-state index in [1.165, 1.54) is 5.57 Å². The van der Waals surface area contributed by atoms with Crippen LogP contribution in [0.3, 0.4) is 0 Å². The minimum absolute atomic E-state index is 0.147. The van der Waals surface area contributed by atoms with Gasteiger partial charge in [0.25, 0.3) is 0 Å². The number of rotatable bonds is 3. The van der Waals surface area contributed by atoms with Crippen LogP contribution in [-0.4, -0.2) is 20.7 Å². The monoisotopic (exact) mass is 282 g/mol. The maximum atomic E-state index is 10.8. The molecule has 1 atom stereocenters. The molecule has 0 spiro atoms. The SMILES string of the molecule is CC1(C)CCC(O[Si](C)(C)C(C)(C)C)C/C1=C/C=O. The van der Waals surface area contributed by atoms with Crippen molar-refractivity contribution in [2.45, 2.75) is 78.1 Å². The van der Waals surface area contributed by atoms with Crippen molar-refractivity contribution in [1.29, 1.82) is 0 Å². The largest absolute Gasteiger partial charge is 0.414 e. The van der Waals surface area contributed by atoms with E-state index < -0.39 is 8.32 Å². The molecule has 0 N–H and O–H groups in total. The van der Waals surface area contributed by atoms with Gasteiger partial charge < -0.3 is 4.43 Å². The summed E-state index contributed by atoms with van der Waals surface area (Å²) in [5.74, 6) is 0. The Morgan fingerprint density at radius 2 is 1.89 bits per heavy atom. The van der Waals surface area contributed by atoms with Gasteiger partial charge in [-0.3, -0.25) is 4.79 Å². The molecule has 0 aromatic heterocycles. The number of aldehydes is 1. The van der Waals surface area contributed by atoms with Gasteiger partial charge in [-0.2, -0.15) is 0 Å². The smallest absolute Gasteiger partial charge is 0.192 e. The van der Waals surface area contributed by atoms with Gasteiger partial charge in [0.2, 0.25) is 0 Å². The van der Waals surface area contributed by atoms with Crippen molar-refractivity contribution < 1.29 is 9.22 Å². The number of allylic oxidation sites excluding steroid dienone is 1. The molecule has 0 aliphatic heterocycles. The van der Waals surface area contributed by atoms with E-state index in [1.54, 1.807) is 6.08 Å². The Morgan fingerprint density at radius 1 is 1.32 bits per heavy atom. The van der Waals surface area contributed by atoms with E-state index in [0.717, 1.165) is 25.5 Å². The summed E-state index contributed by atoms with van der Waals surface area (Å²) in [6, 6.07) is 0. The Kier molecular flexibility index (Phi) is 4.84. The summed E-state index contributed by atoms with van der Waals surface area (Å²) in [6.45, 7) is 15.9. The van der Waals surface area contributed by atoms with Crippen molar-refractivity contribution in [2.24, 2.45) is 5.41 Å². The van der Waals surface area contributed by atoms with Gasteiger partial charge >= 0.3 is 0 Å². The summed E-state index contributed by atoms with van der Waals surface area (Å²) < 4.78 is 6.50. The summed E-state index contributed by atoms with van der Waals surface area (Å²) >= 11 is 0. The summed E-state index contributed by atoms with van der Waals surface area (Å²) in [5.41, 5.74) is 1.39. The van der Waals surface area contributed by atoms with Crippen LogP contribution in [-0.2, 0) is 9.22 Å². The second-order valence-electron chi connectivity index (χ2n) is 7.95. The van der Waals surface area contributed by atoms with Gasteiger partial charge in [0.05, 0.1) is 0 Å². The molecule has 0 aromatic carbocycles. The van der Waals surface area contributed by atoms with Crippen molar-refractivity contribution in [2.75, 3.05) is 0 Å². The van der Waals surface area contributed by atoms with Gasteiger partial charge in [0.1, 0.15) is 6.29 Å². The van der Waals surface area contributed by atoms with Crippen LogP contribution in [0.4, 0.5) is 0 Å². The van der Waals surface area contributed by atoms with Crippen LogP contribution < -0.4 is 0 Å². The van der Waals surface area contributed by atoms with Gasteiger partial charge in [-0.05, 0) is 48.9 Å². The molecule has 1 unspecified atom stereocenters. The lowest BCUT2D eigenvalue weighted by molar-refractivity contribution is -0.104. The normalized spacial score (nSPS) is 26.5. The molecule has 110 valence electrons. The predicted octanol–water partition coefficient (Wildman–Crippen LogP) is 4.71. The lowest BCUT2D eigenvalue weighted by atomic mass is 9.72. The molecule has 1 fully saturated rings. The molecule has 1 saturated carbocycles. The van der Waals surface area contributed by atoms with Crippen LogP contribution >= 0.6 is 0 Å². The molecular weight excluding hydrogens is 252 g/mol.